The summed E-state index contributed by atoms with van der Waals surface area (Å²) in [4.78, 5) is 11.0. The number of carbonyl (C=O) groups excluding carboxylic acids is 1. The number of hydrogen-bond acceptors (Lipinski definition) is 2. The van der Waals surface area contributed by atoms with Crippen molar-refractivity contribution in [3.05, 3.63) is 33.5 Å². The van der Waals surface area contributed by atoms with Crippen molar-refractivity contribution in [2.75, 3.05) is 7.11 Å². The number of benzene rings is 1. The zero-order chi connectivity index (χ0) is 11.4. The molecule has 1 rings (SSSR count). The largest absolute Gasteiger partial charge is 0.469 e. The monoisotopic (exact) mass is 338 g/mol. The van der Waals surface area contributed by atoms with E-state index >= 15 is 0 Å². The lowest BCUT2D eigenvalue weighted by Crippen LogP contribution is -2.06. The van der Waals surface area contributed by atoms with E-state index in [0.717, 1.165) is 5.56 Å². The van der Waals surface area contributed by atoms with Crippen molar-refractivity contribution in [2.24, 2.45) is 0 Å². The molecule has 0 atom stereocenters. The van der Waals surface area contributed by atoms with Gasteiger partial charge < -0.3 is 4.74 Å². The highest BCUT2D eigenvalue weighted by atomic mass is 79.9. The van der Waals surface area contributed by atoms with Crippen LogP contribution in [0.2, 0.25) is 0 Å². The van der Waals surface area contributed by atoms with Gasteiger partial charge >= 0.3 is 5.97 Å². The smallest absolute Gasteiger partial charge is 0.310 e. The summed E-state index contributed by atoms with van der Waals surface area (Å²) < 4.78 is 18.6. The first-order chi connectivity index (χ1) is 7.08. The van der Waals surface area contributed by atoms with Crippen LogP contribution in [0.3, 0.4) is 0 Å². The van der Waals surface area contributed by atoms with E-state index in [4.69, 9.17) is 0 Å². The average molecular weight is 340 g/mol. The fraction of sp³-hybridized carbons (Fsp3) is 0.300. The van der Waals surface area contributed by atoms with Gasteiger partial charge in [0.25, 0.3) is 0 Å². The summed E-state index contributed by atoms with van der Waals surface area (Å²) >= 11 is 6.52. The Labute approximate surface area is 104 Å². The van der Waals surface area contributed by atoms with Gasteiger partial charge in [-0.3, -0.25) is 4.79 Å². The predicted molar refractivity (Wildman–Crippen MR) is 62.5 cm³/mol. The van der Waals surface area contributed by atoms with Gasteiger partial charge in [0.2, 0.25) is 0 Å². The van der Waals surface area contributed by atoms with Gasteiger partial charge in [-0.05, 0) is 17.2 Å². The molecule has 0 heterocycles. The first-order valence-corrected chi connectivity index (χ1v) is 6.09. The Hall–Kier alpha value is -0.420. The van der Waals surface area contributed by atoms with Crippen LogP contribution in [0.4, 0.5) is 4.39 Å². The fourth-order valence-corrected chi connectivity index (χ4v) is 2.41. The molecule has 0 unspecified atom stereocenters. The Morgan fingerprint density at radius 3 is 2.67 bits per heavy atom. The van der Waals surface area contributed by atoms with Gasteiger partial charge in [0.1, 0.15) is 5.82 Å². The Balaban J connectivity index is 3.02. The maximum atomic E-state index is 13.4. The van der Waals surface area contributed by atoms with Gasteiger partial charge in [-0.25, -0.2) is 4.39 Å². The molecular weight excluding hydrogens is 331 g/mol. The summed E-state index contributed by atoms with van der Waals surface area (Å²) in [6, 6.07) is 3.00. The molecule has 0 N–H and O–H groups in total. The minimum Gasteiger partial charge on any atom is -0.469 e. The minimum absolute atomic E-state index is 0.0460. The average Bonchev–Trinajstić information content (AvgIpc) is 2.21. The molecule has 1 aromatic carbocycles. The van der Waals surface area contributed by atoms with Crippen LogP contribution in [0.25, 0.3) is 0 Å². The predicted octanol–water partition coefficient (Wildman–Crippen LogP) is 3.20. The lowest BCUT2D eigenvalue weighted by Gasteiger charge is -2.06. The van der Waals surface area contributed by atoms with Crippen LogP contribution in [-0.2, 0) is 21.3 Å². The maximum absolute atomic E-state index is 13.4. The first-order valence-electron chi connectivity index (χ1n) is 4.18. The standard InChI is InChI=1S/C10H9Br2FO2/c1-15-10(14)3-6-2-7(5-11)8(12)4-9(6)13/h2,4H,3,5H2,1H3. The minimum atomic E-state index is -0.447. The summed E-state index contributed by atoms with van der Waals surface area (Å²) in [6.07, 6.45) is -0.0460. The van der Waals surface area contributed by atoms with E-state index in [0.29, 0.717) is 15.4 Å². The van der Waals surface area contributed by atoms with Crippen molar-refractivity contribution in [2.45, 2.75) is 11.8 Å². The summed E-state index contributed by atoms with van der Waals surface area (Å²) in [5, 5.41) is 0.599. The normalized spacial score (nSPS) is 10.1. The van der Waals surface area contributed by atoms with Crippen molar-refractivity contribution in [3.8, 4) is 0 Å². The highest BCUT2D eigenvalue weighted by Crippen LogP contribution is 2.23. The molecule has 0 aliphatic rings. The lowest BCUT2D eigenvalue weighted by atomic mass is 10.1. The molecule has 0 bridgehead atoms. The third kappa shape index (κ3) is 3.28. The van der Waals surface area contributed by atoms with Crippen molar-refractivity contribution < 1.29 is 13.9 Å². The molecule has 0 aliphatic carbocycles. The molecule has 5 heteroatoms. The van der Waals surface area contributed by atoms with Crippen LogP contribution in [0.1, 0.15) is 11.1 Å². The van der Waals surface area contributed by atoms with Crippen LogP contribution in [-0.4, -0.2) is 13.1 Å². The number of rotatable bonds is 3. The zero-order valence-corrected chi connectivity index (χ0v) is 11.2. The van der Waals surface area contributed by atoms with E-state index in [-0.39, 0.29) is 6.42 Å². The summed E-state index contributed by atoms with van der Waals surface area (Å²) in [6.45, 7) is 0. The second-order valence-corrected chi connectivity index (χ2v) is 4.34. The molecule has 82 valence electrons. The molecule has 0 saturated carbocycles. The second-order valence-electron chi connectivity index (χ2n) is 2.92. The highest BCUT2D eigenvalue weighted by Gasteiger charge is 2.11. The molecular formula is C10H9Br2FO2. The molecule has 0 aromatic heterocycles. The third-order valence-electron chi connectivity index (χ3n) is 1.92. The van der Waals surface area contributed by atoms with Crippen LogP contribution in [0, 0.1) is 5.82 Å². The van der Waals surface area contributed by atoms with E-state index in [1.807, 2.05) is 0 Å². The third-order valence-corrected chi connectivity index (χ3v) is 3.26. The molecule has 0 fully saturated rings. The van der Waals surface area contributed by atoms with Crippen molar-refractivity contribution in [1.29, 1.82) is 0 Å². The van der Waals surface area contributed by atoms with Crippen LogP contribution < -0.4 is 0 Å². The molecule has 15 heavy (non-hydrogen) atoms. The number of hydrogen-bond donors (Lipinski definition) is 0. The van der Waals surface area contributed by atoms with Gasteiger partial charge in [0.15, 0.2) is 0 Å². The number of carbonyl (C=O) groups is 1. The highest BCUT2D eigenvalue weighted by molar-refractivity contribution is 9.10. The van der Waals surface area contributed by atoms with Crippen LogP contribution in [0.15, 0.2) is 16.6 Å². The van der Waals surface area contributed by atoms with Crippen molar-refractivity contribution in [1.82, 2.24) is 0 Å². The van der Waals surface area contributed by atoms with E-state index in [9.17, 15) is 9.18 Å². The molecule has 0 spiro atoms. The number of halogens is 3. The number of methoxy groups -OCH3 is 1. The van der Waals surface area contributed by atoms with Gasteiger partial charge in [-0.15, -0.1) is 0 Å². The zero-order valence-electron chi connectivity index (χ0n) is 8.02. The van der Waals surface area contributed by atoms with Crippen LogP contribution >= 0.6 is 31.9 Å². The summed E-state index contributed by atoms with van der Waals surface area (Å²) in [5.41, 5.74) is 1.25. The van der Waals surface area contributed by atoms with E-state index in [2.05, 4.69) is 36.6 Å². The Morgan fingerprint density at radius 2 is 2.13 bits per heavy atom. The summed E-state index contributed by atoms with van der Waals surface area (Å²) in [5.74, 6) is -0.853. The molecule has 2 nitrogen and oxygen atoms in total. The van der Waals surface area contributed by atoms with E-state index < -0.39 is 11.8 Å². The second kappa shape index (κ2) is 5.61. The van der Waals surface area contributed by atoms with E-state index in [1.165, 1.54) is 13.2 Å². The topological polar surface area (TPSA) is 26.3 Å². The van der Waals surface area contributed by atoms with Crippen molar-refractivity contribution >= 4 is 37.8 Å². The molecule has 0 aliphatic heterocycles. The molecule has 0 saturated heterocycles. The van der Waals surface area contributed by atoms with E-state index in [1.54, 1.807) is 6.07 Å². The number of alkyl halides is 1. The Kier molecular flexibility index (Phi) is 4.73. The maximum Gasteiger partial charge on any atom is 0.310 e. The SMILES string of the molecule is COC(=O)Cc1cc(CBr)c(Br)cc1F. The Morgan fingerprint density at radius 1 is 1.47 bits per heavy atom. The van der Waals surface area contributed by atoms with Gasteiger partial charge in [-0.1, -0.05) is 37.9 Å². The van der Waals surface area contributed by atoms with Crippen molar-refractivity contribution in [3.63, 3.8) is 0 Å². The van der Waals surface area contributed by atoms with Crippen LogP contribution in [0.5, 0.6) is 0 Å². The lowest BCUT2D eigenvalue weighted by molar-refractivity contribution is -0.139. The number of esters is 1. The molecule has 1 aromatic rings. The Bertz CT molecular complexity index is 380. The van der Waals surface area contributed by atoms with Gasteiger partial charge in [-0.2, -0.15) is 0 Å². The molecule has 0 radical (unpaired) electrons. The first kappa shape index (κ1) is 12.6. The quantitative estimate of drug-likeness (QED) is 0.624. The summed E-state index contributed by atoms with van der Waals surface area (Å²) in [7, 11) is 1.28. The molecule has 0 amide bonds. The van der Waals surface area contributed by atoms with Gasteiger partial charge in [0.05, 0.1) is 13.5 Å². The fourth-order valence-electron chi connectivity index (χ4n) is 1.11. The number of ether oxygens (including phenoxy) is 1. The van der Waals surface area contributed by atoms with Gasteiger partial charge in [0, 0.05) is 9.80 Å².